The molecular weight excluding hydrogens is 392 g/mol. The third kappa shape index (κ3) is 3.65. The number of nitrogens with zero attached hydrogens (tertiary/aromatic N) is 4. The predicted octanol–water partition coefficient (Wildman–Crippen LogP) is 3.54. The fourth-order valence-electron chi connectivity index (χ4n) is 2.80. The van der Waals surface area contributed by atoms with E-state index >= 15 is 0 Å². The minimum atomic E-state index is -1.00. The number of fused-ring (bicyclic) bond motifs is 1. The summed E-state index contributed by atoms with van der Waals surface area (Å²) in [5, 5.41) is 5.48. The van der Waals surface area contributed by atoms with E-state index in [9.17, 15) is 13.6 Å². The van der Waals surface area contributed by atoms with E-state index in [0.29, 0.717) is 22.5 Å². The third-order valence-electron chi connectivity index (χ3n) is 4.18. The summed E-state index contributed by atoms with van der Waals surface area (Å²) in [4.78, 5) is 24.3. The van der Waals surface area contributed by atoms with E-state index in [1.54, 1.807) is 28.8 Å². The van der Waals surface area contributed by atoms with Crippen LogP contribution in [0.4, 0.5) is 31.9 Å². The van der Waals surface area contributed by atoms with Gasteiger partial charge in [-0.3, -0.25) is 9.36 Å². The van der Waals surface area contributed by atoms with Crippen molar-refractivity contribution in [3.05, 3.63) is 73.1 Å². The van der Waals surface area contributed by atoms with E-state index in [0.717, 1.165) is 12.1 Å². The van der Waals surface area contributed by atoms with Crippen molar-refractivity contribution < 1.29 is 13.6 Å². The predicted molar refractivity (Wildman–Crippen MR) is 110 cm³/mol. The Morgan fingerprint density at radius 2 is 1.93 bits per heavy atom. The van der Waals surface area contributed by atoms with Gasteiger partial charge in [0.2, 0.25) is 11.9 Å². The zero-order chi connectivity index (χ0) is 21.3. The molecule has 0 spiro atoms. The van der Waals surface area contributed by atoms with E-state index in [4.69, 9.17) is 5.73 Å². The monoisotopic (exact) mass is 407 g/mol. The van der Waals surface area contributed by atoms with E-state index in [1.807, 2.05) is 0 Å². The van der Waals surface area contributed by atoms with Gasteiger partial charge in [-0.2, -0.15) is 9.97 Å². The van der Waals surface area contributed by atoms with Crippen molar-refractivity contribution in [1.82, 2.24) is 19.5 Å². The Morgan fingerprint density at radius 1 is 1.10 bits per heavy atom. The summed E-state index contributed by atoms with van der Waals surface area (Å²) >= 11 is 0. The number of hydrogen-bond donors (Lipinski definition) is 3. The maximum Gasteiger partial charge on any atom is 0.247 e. The maximum atomic E-state index is 13.5. The zero-order valence-corrected chi connectivity index (χ0v) is 15.4. The molecule has 2 heterocycles. The van der Waals surface area contributed by atoms with Gasteiger partial charge in [-0.25, -0.2) is 13.8 Å². The maximum absolute atomic E-state index is 13.5. The number of amides is 1. The number of aromatic nitrogens is 4. The first kappa shape index (κ1) is 19.0. The highest BCUT2D eigenvalue weighted by molar-refractivity contribution is 5.99. The van der Waals surface area contributed by atoms with Crippen molar-refractivity contribution in [2.45, 2.75) is 0 Å². The van der Waals surface area contributed by atoms with Gasteiger partial charge in [0.25, 0.3) is 0 Å². The number of nitrogens with one attached hydrogen (secondary N) is 2. The molecule has 0 fully saturated rings. The summed E-state index contributed by atoms with van der Waals surface area (Å²) < 4.78 is 28.3. The second-order valence-corrected chi connectivity index (χ2v) is 6.22. The van der Waals surface area contributed by atoms with Crippen LogP contribution in [0.2, 0.25) is 0 Å². The summed E-state index contributed by atoms with van der Waals surface area (Å²) in [6.07, 6.45) is 2.69. The van der Waals surface area contributed by atoms with Crippen LogP contribution < -0.4 is 16.4 Å². The minimum absolute atomic E-state index is 0.0869. The molecule has 4 rings (SSSR count). The lowest BCUT2D eigenvalue weighted by Gasteiger charge is -2.09. The van der Waals surface area contributed by atoms with E-state index < -0.39 is 11.6 Å². The van der Waals surface area contributed by atoms with Crippen molar-refractivity contribution >= 4 is 40.2 Å². The molecule has 0 radical (unpaired) electrons. The number of carbonyl (C=O) groups excluding carboxylic acids is 1. The smallest absolute Gasteiger partial charge is 0.247 e. The fourth-order valence-corrected chi connectivity index (χ4v) is 2.80. The van der Waals surface area contributed by atoms with Gasteiger partial charge in [0, 0.05) is 17.4 Å². The molecule has 0 unspecified atom stereocenters. The Morgan fingerprint density at radius 3 is 2.70 bits per heavy atom. The molecule has 4 N–H and O–H groups in total. The molecule has 0 saturated carbocycles. The number of imidazole rings is 1. The summed E-state index contributed by atoms with van der Waals surface area (Å²) in [5.74, 6) is -2.11. The van der Waals surface area contributed by atoms with Gasteiger partial charge in [0.15, 0.2) is 28.6 Å². The van der Waals surface area contributed by atoms with Gasteiger partial charge < -0.3 is 16.4 Å². The van der Waals surface area contributed by atoms with Gasteiger partial charge in [0.05, 0.1) is 5.69 Å². The summed E-state index contributed by atoms with van der Waals surface area (Å²) in [6, 6.07) is 10.3. The van der Waals surface area contributed by atoms with Crippen molar-refractivity contribution in [3.8, 4) is 5.69 Å². The first-order chi connectivity index (χ1) is 14.4. The van der Waals surface area contributed by atoms with E-state index in [1.165, 1.54) is 18.5 Å². The molecule has 0 aliphatic heterocycles. The molecule has 1 amide bonds. The summed E-state index contributed by atoms with van der Waals surface area (Å²) in [7, 11) is 0. The molecule has 2 aromatic carbocycles. The number of nitrogen functional groups attached to an aromatic ring is 1. The lowest BCUT2D eigenvalue weighted by atomic mass is 10.2. The Balaban J connectivity index is 1.73. The number of nitrogens with two attached hydrogens (primary N) is 1. The minimum Gasteiger partial charge on any atom is -0.382 e. The molecule has 8 nitrogen and oxygen atoms in total. The largest absolute Gasteiger partial charge is 0.382 e. The lowest BCUT2D eigenvalue weighted by molar-refractivity contribution is -0.111. The average Bonchev–Trinajstić information content (AvgIpc) is 3.15. The molecule has 30 heavy (non-hydrogen) atoms. The van der Waals surface area contributed by atoms with Gasteiger partial charge in [-0.1, -0.05) is 12.6 Å². The van der Waals surface area contributed by atoms with Crippen LogP contribution in [0.3, 0.4) is 0 Å². The van der Waals surface area contributed by atoms with Crippen LogP contribution in [0.25, 0.3) is 16.9 Å². The molecule has 0 atom stereocenters. The van der Waals surface area contributed by atoms with Crippen LogP contribution in [0.15, 0.2) is 61.4 Å². The SMILES string of the molecule is C=CC(=O)Nc1cccc(-n2cnc3c(N)nc(Nc4ccc(F)c(F)c4)nc32)c1. The molecule has 150 valence electrons. The van der Waals surface area contributed by atoms with Crippen molar-refractivity contribution in [2.24, 2.45) is 0 Å². The number of halogens is 2. The molecule has 0 saturated heterocycles. The third-order valence-corrected chi connectivity index (χ3v) is 4.18. The molecule has 0 bridgehead atoms. The molecule has 2 aromatic heterocycles. The first-order valence-corrected chi connectivity index (χ1v) is 8.71. The van der Waals surface area contributed by atoms with E-state index in [-0.39, 0.29) is 23.4 Å². The molecule has 0 aliphatic rings. The molecule has 4 aromatic rings. The number of hydrogen-bond acceptors (Lipinski definition) is 6. The van der Waals surface area contributed by atoms with Crippen LogP contribution in [-0.2, 0) is 4.79 Å². The van der Waals surface area contributed by atoms with Crippen LogP contribution in [0.5, 0.6) is 0 Å². The normalized spacial score (nSPS) is 10.7. The summed E-state index contributed by atoms with van der Waals surface area (Å²) in [5.41, 5.74) is 8.23. The Hall–Kier alpha value is -4.34. The highest BCUT2D eigenvalue weighted by Crippen LogP contribution is 2.25. The highest BCUT2D eigenvalue weighted by atomic mass is 19.2. The van der Waals surface area contributed by atoms with Crippen LogP contribution in [0.1, 0.15) is 0 Å². The number of carbonyl (C=O) groups is 1. The second kappa shape index (κ2) is 7.59. The molecule has 10 heteroatoms. The Bertz CT molecular complexity index is 1290. The standard InChI is InChI=1S/C20H15F2N7O/c1-2-16(30)25-11-4-3-5-13(8-11)29-10-24-17-18(23)27-20(28-19(17)29)26-12-6-7-14(21)15(22)9-12/h2-10H,1H2,(H,25,30)(H3,23,26,27,28). The van der Waals surface area contributed by atoms with Crippen molar-refractivity contribution in [3.63, 3.8) is 0 Å². The average molecular weight is 407 g/mol. The van der Waals surface area contributed by atoms with Crippen LogP contribution in [-0.4, -0.2) is 25.4 Å². The second-order valence-electron chi connectivity index (χ2n) is 6.22. The quantitative estimate of drug-likeness (QED) is 0.437. The highest BCUT2D eigenvalue weighted by Gasteiger charge is 2.14. The fraction of sp³-hybridized carbons (Fsp3) is 0. The van der Waals surface area contributed by atoms with Gasteiger partial charge in [-0.15, -0.1) is 0 Å². The Labute approximate surface area is 169 Å². The summed E-state index contributed by atoms with van der Waals surface area (Å²) in [6.45, 7) is 3.42. The van der Waals surface area contributed by atoms with E-state index in [2.05, 4.69) is 32.2 Å². The first-order valence-electron chi connectivity index (χ1n) is 8.71. The van der Waals surface area contributed by atoms with Crippen molar-refractivity contribution in [2.75, 3.05) is 16.4 Å². The van der Waals surface area contributed by atoms with Crippen molar-refractivity contribution in [1.29, 1.82) is 0 Å². The van der Waals surface area contributed by atoms with Gasteiger partial charge in [0.1, 0.15) is 6.33 Å². The lowest BCUT2D eigenvalue weighted by Crippen LogP contribution is -2.08. The Kier molecular flexibility index (Phi) is 4.80. The van der Waals surface area contributed by atoms with Gasteiger partial charge in [-0.05, 0) is 36.4 Å². The van der Waals surface area contributed by atoms with Gasteiger partial charge >= 0.3 is 0 Å². The number of anilines is 4. The zero-order valence-electron chi connectivity index (χ0n) is 15.4. The van der Waals surface area contributed by atoms with Crippen LogP contribution >= 0.6 is 0 Å². The number of rotatable bonds is 5. The molecule has 0 aliphatic carbocycles. The topological polar surface area (TPSA) is 111 Å². The van der Waals surface area contributed by atoms with Crippen LogP contribution in [0, 0.1) is 11.6 Å². The number of benzene rings is 2. The molecular formula is C20H15F2N7O.